The van der Waals surface area contributed by atoms with Crippen molar-refractivity contribution in [2.24, 2.45) is 0 Å². The van der Waals surface area contributed by atoms with Crippen LogP contribution in [0.4, 0.5) is 0 Å². The van der Waals surface area contributed by atoms with E-state index in [4.69, 9.17) is 30.5 Å². The fraction of sp³-hybridized carbons (Fsp3) is 0.350. The second-order valence-corrected chi connectivity index (χ2v) is 6.93. The van der Waals surface area contributed by atoms with Crippen LogP contribution in [0.15, 0.2) is 36.4 Å². The number of carbonyl (C=O) groups is 1. The number of amides is 1. The van der Waals surface area contributed by atoms with Gasteiger partial charge in [0.2, 0.25) is 0 Å². The third kappa shape index (κ3) is 3.76. The Balaban J connectivity index is 1.47. The zero-order valence-electron chi connectivity index (χ0n) is 14.9. The van der Waals surface area contributed by atoms with Crippen molar-refractivity contribution in [3.63, 3.8) is 0 Å². The van der Waals surface area contributed by atoms with E-state index in [1.54, 1.807) is 24.1 Å². The predicted molar refractivity (Wildman–Crippen MR) is 100 cm³/mol. The van der Waals surface area contributed by atoms with Crippen LogP contribution in [0.2, 0.25) is 5.02 Å². The summed E-state index contributed by atoms with van der Waals surface area (Å²) >= 11 is 6.30. The lowest BCUT2D eigenvalue weighted by molar-refractivity contribution is 0.0520. The molecule has 2 aliphatic rings. The van der Waals surface area contributed by atoms with Gasteiger partial charge in [0.15, 0.2) is 29.1 Å². The quantitative estimate of drug-likeness (QED) is 0.805. The Morgan fingerprint density at radius 3 is 2.74 bits per heavy atom. The van der Waals surface area contributed by atoms with Gasteiger partial charge >= 0.3 is 0 Å². The minimum absolute atomic E-state index is 0.171. The molecule has 0 aliphatic carbocycles. The molecule has 0 N–H and O–H groups in total. The summed E-state index contributed by atoms with van der Waals surface area (Å²) in [5.74, 6) is 2.23. The number of benzene rings is 2. The normalized spacial score (nSPS) is 17.8. The van der Waals surface area contributed by atoms with Crippen LogP contribution in [0.3, 0.4) is 0 Å². The van der Waals surface area contributed by atoms with Crippen molar-refractivity contribution in [2.75, 3.05) is 33.4 Å². The zero-order chi connectivity index (χ0) is 18.8. The molecule has 1 atom stereocenters. The van der Waals surface area contributed by atoms with Crippen molar-refractivity contribution in [1.29, 1.82) is 0 Å². The monoisotopic (exact) mass is 389 g/mol. The van der Waals surface area contributed by atoms with Crippen LogP contribution in [0.5, 0.6) is 23.0 Å². The van der Waals surface area contributed by atoms with Crippen LogP contribution >= 0.6 is 11.6 Å². The van der Waals surface area contributed by atoms with Gasteiger partial charge in [-0.15, -0.1) is 0 Å². The molecule has 6 nitrogen and oxygen atoms in total. The van der Waals surface area contributed by atoms with E-state index >= 15 is 0 Å². The fourth-order valence-electron chi connectivity index (χ4n) is 3.12. The third-order valence-corrected chi connectivity index (χ3v) is 4.72. The lowest BCUT2D eigenvalue weighted by Crippen LogP contribution is -2.41. The molecule has 2 aromatic carbocycles. The average Bonchev–Trinajstić information content (AvgIpc) is 2.93. The largest absolute Gasteiger partial charge is 0.489 e. The second-order valence-electron chi connectivity index (χ2n) is 6.52. The molecule has 2 aliphatic heterocycles. The van der Waals surface area contributed by atoms with Crippen LogP contribution < -0.4 is 18.9 Å². The molecule has 0 fully saturated rings. The van der Waals surface area contributed by atoms with Gasteiger partial charge in [0.05, 0.1) is 24.8 Å². The standard InChI is InChI=1S/C20H20ClNO5/c1-22(11-14-12-26-16-5-2-3-6-17(16)27-14)20(23)13-9-15(21)19-18(10-13)24-7-4-8-25-19/h2-3,5-6,9-10,14H,4,7-8,11-12H2,1H3. The molecule has 27 heavy (non-hydrogen) atoms. The van der Waals surface area contributed by atoms with E-state index in [0.717, 1.165) is 12.2 Å². The lowest BCUT2D eigenvalue weighted by Gasteiger charge is -2.29. The highest BCUT2D eigenvalue weighted by Gasteiger charge is 2.25. The zero-order valence-corrected chi connectivity index (χ0v) is 15.7. The van der Waals surface area contributed by atoms with E-state index in [1.807, 2.05) is 24.3 Å². The molecule has 2 aromatic rings. The van der Waals surface area contributed by atoms with E-state index in [1.165, 1.54) is 0 Å². The van der Waals surface area contributed by atoms with E-state index < -0.39 is 0 Å². The molecule has 4 rings (SSSR count). The third-order valence-electron chi connectivity index (χ3n) is 4.44. The molecule has 7 heteroatoms. The smallest absolute Gasteiger partial charge is 0.253 e. The Morgan fingerprint density at radius 2 is 1.89 bits per heavy atom. The fourth-order valence-corrected chi connectivity index (χ4v) is 3.38. The van der Waals surface area contributed by atoms with Crippen LogP contribution in [0, 0.1) is 0 Å². The molecule has 1 amide bonds. The van der Waals surface area contributed by atoms with Crippen LogP contribution in [0.25, 0.3) is 0 Å². The molecular formula is C20H20ClNO5. The molecule has 1 unspecified atom stereocenters. The number of nitrogens with zero attached hydrogens (tertiary/aromatic N) is 1. The van der Waals surface area contributed by atoms with Crippen LogP contribution in [-0.4, -0.2) is 50.3 Å². The summed E-state index contributed by atoms with van der Waals surface area (Å²) in [6.07, 6.45) is 0.527. The Labute approximate surface area is 162 Å². The first-order chi connectivity index (χ1) is 13.1. The van der Waals surface area contributed by atoms with Crippen molar-refractivity contribution in [3.05, 3.63) is 47.0 Å². The average molecular weight is 390 g/mol. The summed E-state index contributed by atoms with van der Waals surface area (Å²) in [6.45, 7) is 1.85. The topological polar surface area (TPSA) is 57.2 Å². The maximum Gasteiger partial charge on any atom is 0.253 e. The first-order valence-electron chi connectivity index (χ1n) is 8.85. The molecule has 0 saturated heterocycles. The highest BCUT2D eigenvalue weighted by molar-refractivity contribution is 6.32. The van der Waals surface area contributed by atoms with Crippen molar-refractivity contribution in [3.8, 4) is 23.0 Å². The van der Waals surface area contributed by atoms with Gasteiger partial charge in [-0.2, -0.15) is 0 Å². The highest BCUT2D eigenvalue weighted by Crippen LogP contribution is 2.38. The van der Waals surface area contributed by atoms with Crippen molar-refractivity contribution < 1.29 is 23.7 Å². The number of halogens is 1. The number of hydrogen-bond donors (Lipinski definition) is 0. The molecule has 0 bridgehead atoms. The van der Waals surface area contributed by atoms with E-state index in [-0.39, 0.29) is 12.0 Å². The number of ether oxygens (including phenoxy) is 4. The number of carbonyl (C=O) groups excluding carboxylic acids is 1. The van der Waals surface area contributed by atoms with Crippen molar-refractivity contribution in [1.82, 2.24) is 4.90 Å². The molecule has 0 radical (unpaired) electrons. The number of likely N-dealkylation sites (N-methyl/N-ethyl adjacent to an activating group) is 1. The van der Waals surface area contributed by atoms with E-state index in [9.17, 15) is 4.79 Å². The van der Waals surface area contributed by atoms with Gasteiger partial charge in [-0.05, 0) is 24.3 Å². The summed E-state index contributed by atoms with van der Waals surface area (Å²) in [5.41, 5.74) is 0.448. The summed E-state index contributed by atoms with van der Waals surface area (Å²) in [7, 11) is 1.73. The maximum atomic E-state index is 12.9. The van der Waals surface area contributed by atoms with Gasteiger partial charge in [-0.3, -0.25) is 4.79 Å². The first-order valence-corrected chi connectivity index (χ1v) is 9.22. The molecule has 142 valence electrons. The van der Waals surface area contributed by atoms with Crippen molar-refractivity contribution in [2.45, 2.75) is 12.5 Å². The predicted octanol–water partition coefficient (Wildman–Crippen LogP) is 3.41. The summed E-state index contributed by atoms with van der Waals surface area (Å²) in [6, 6.07) is 10.8. The summed E-state index contributed by atoms with van der Waals surface area (Å²) < 4.78 is 22.9. The van der Waals surface area contributed by atoms with Gasteiger partial charge in [-0.25, -0.2) is 0 Å². The van der Waals surface area contributed by atoms with E-state index in [0.29, 0.717) is 54.2 Å². The lowest BCUT2D eigenvalue weighted by atomic mass is 10.1. The number of rotatable bonds is 3. The minimum atomic E-state index is -0.246. The SMILES string of the molecule is CN(CC1COc2ccccc2O1)C(=O)c1cc(Cl)c2c(c1)OCCCO2. The number of fused-ring (bicyclic) bond motifs is 2. The first kappa shape index (κ1) is 17.8. The highest BCUT2D eigenvalue weighted by atomic mass is 35.5. The Kier molecular flexibility index (Phi) is 4.99. The Morgan fingerprint density at radius 1 is 1.11 bits per heavy atom. The van der Waals surface area contributed by atoms with E-state index in [2.05, 4.69) is 0 Å². The number of hydrogen-bond acceptors (Lipinski definition) is 5. The van der Waals surface area contributed by atoms with Gasteiger partial charge < -0.3 is 23.8 Å². The van der Waals surface area contributed by atoms with Crippen LogP contribution in [-0.2, 0) is 0 Å². The molecule has 0 saturated carbocycles. The minimum Gasteiger partial charge on any atom is -0.489 e. The Hall–Kier alpha value is -2.60. The summed E-state index contributed by atoms with van der Waals surface area (Å²) in [5, 5.41) is 0.373. The van der Waals surface area contributed by atoms with Gasteiger partial charge in [-0.1, -0.05) is 23.7 Å². The summed E-state index contributed by atoms with van der Waals surface area (Å²) in [4.78, 5) is 14.5. The molecule has 2 heterocycles. The molecular weight excluding hydrogens is 370 g/mol. The molecule has 0 aromatic heterocycles. The van der Waals surface area contributed by atoms with Gasteiger partial charge in [0, 0.05) is 19.0 Å². The molecule has 0 spiro atoms. The Bertz CT molecular complexity index is 856. The number of para-hydroxylation sites is 2. The second kappa shape index (κ2) is 7.56. The van der Waals surface area contributed by atoms with Crippen molar-refractivity contribution >= 4 is 17.5 Å². The maximum absolute atomic E-state index is 12.9. The van der Waals surface area contributed by atoms with Crippen LogP contribution in [0.1, 0.15) is 16.8 Å². The van der Waals surface area contributed by atoms with Gasteiger partial charge in [0.25, 0.3) is 5.91 Å². The van der Waals surface area contributed by atoms with Gasteiger partial charge in [0.1, 0.15) is 6.61 Å².